The van der Waals surface area contributed by atoms with Crippen molar-refractivity contribution in [1.82, 2.24) is 9.88 Å². The molecule has 1 aliphatic carbocycles. The molecule has 34 heavy (non-hydrogen) atoms. The van der Waals surface area contributed by atoms with Crippen LogP contribution in [0.15, 0.2) is 71.2 Å². The standard InChI is InChI=1S/C26H23F3N3S.HI/c1-31-15-16-33-24(31)17-22-21-9-5-6-10-23(21)32(25(30-22)18-7-3-2-4-8-18)20-13-11-19(12-14-20)26(27,28)29;/h2-4,7-8,11-17H,5-6,9-10H2,1H3;1H/q+1;/p-1. The zero-order valence-electron chi connectivity index (χ0n) is 18.5. The Balaban J connectivity index is 0.00000274. The molecule has 0 radical (unpaired) electrons. The zero-order chi connectivity index (χ0) is 23.0. The number of benzene rings is 2. The Morgan fingerprint density at radius 3 is 2.35 bits per heavy atom. The highest BCUT2D eigenvalue weighted by atomic mass is 127. The molecule has 2 aromatic carbocycles. The van der Waals surface area contributed by atoms with Crippen molar-refractivity contribution in [2.45, 2.75) is 31.9 Å². The third-order valence-corrected chi connectivity index (χ3v) is 6.93. The highest BCUT2D eigenvalue weighted by molar-refractivity contribution is 8.06. The van der Waals surface area contributed by atoms with E-state index < -0.39 is 11.7 Å². The monoisotopic (exact) mass is 593 g/mol. The quantitative estimate of drug-likeness (QED) is 0.343. The van der Waals surface area contributed by atoms with E-state index in [1.807, 2.05) is 49.0 Å². The van der Waals surface area contributed by atoms with Crippen molar-refractivity contribution in [2.75, 3.05) is 7.05 Å². The highest BCUT2D eigenvalue weighted by Crippen LogP contribution is 2.33. The second-order valence-electron chi connectivity index (χ2n) is 8.20. The number of aromatic nitrogens is 2. The van der Waals surface area contributed by atoms with E-state index >= 15 is 0 Å². The van der Waals surface area contributed by atoms with Gasteiger partial charge >= 0.3 is 12.0 Å². The third kappa shape index (κ3) is 4.88. The summed E-state index contributed by atoms with van der Waals surface area (Å²) in [6.07, 6.45) is 3.65. The highest BCUT2D eigenvalue weighted by Gasteiger charge is 2.33. The molecule has 3 nitrogen and oxygen atoms in total. The van der Waals surface area contributed by atoms with E-state index in [1.54, 1.807) is 23.9 Å². The van der Waals surface area contributed by atoms with E-state index in [0.717, 1.165) is 65.6 Å². The second-order valence-corrected chi connectivity index (χ2v) is 9.12. The summed E-state index contributed by atoms with van der Waals surface area (Å²) in [5.41, 5.74) is 4.21. The fourth-order valence-electron chi connectivity index (χ4n) is 4.35. The first-order chi connectivity index (χ1) is 15.9. The largest absolute Gasteiger partial charge is 1.00 e. The van der Waals surface area contributed by atoms with Gasteiger partial charge in [0.15, 0.2) is 5.69 Å². The Hall–Kier alpha value is -2.33. The Bertz CT molecular complexity index is 1240. The van der Waals surface area contributed by atoms with Crippen LogP contribution in [-0.4, -0.2) is 16.9 Å². The van der Waals surface area contributed by atoms with E-state index in [9.17, 15) is 13.2 Å². The van der Waals surface area contributed by atoms with Gasteiger partial charge in [-0.05, 0) is 66.1 Å². The average Bonchev–Trinajstić information content (AvgIpc) is 3.23. The lowest BCUT2D eigenvalue weighted by Gasteiger charge is -2.20. The third-order valence-electron chi connectivity index (χ3n) is 6.02. The van der Waals surface area contributed by atoms with Gasteiger partial charge in [0.05, 0.1) is 16.2 Å². The molecule has 0 amide bonds. The molecule has 0 atom stereocenters. The molecule has 0 bridgehead atoms. The fraction of sp³-hybridized carbons (Fsp3) is 0.231. The molecular weight excluding hydrogens is 570 g/mol. The summed E-state index contributed by atoms with van der Waals surface area (Å²) in [6.45, 7) is 0. The summed E-state index contributed by atoms with van der Waals surface area (Å²) < 4.78 is 41.6. The van der Waals surface area contributed by atoms with Crippen molar-refractivity contribution in [3.63, 3.8) is 0 Å². The van der Waals surface area contributed by atoms with Crippen molar-refractivity contribution in [2.24, 2.45) is 0 Å². The first-order valence-electron chi connectivity index (χ1n) is 10.9. The summed E-state index contributed by atoms with van der Waals surface area (Å²) in [7, 11) is 2.01. The molecular formula is C26H23F3IN3S. The molecule has 1 aliphatic heterocycles. The smallest absolute Gasteiger partial charge is 0.416 e. The van der Waals surface area contributed by atoms with Gasteiger partial charge in [0, 0.05) is 31.3 Å². The van der Waals surface area contributed by atoms with Gasteiger partial charge in [-0.2, -0.15) is 17.7 Å². The van der Waals surface area contributed by atoms with Crippen LogP contribution in [0.2, 0.25) is 0 Å². The Labute approximate surface area is 218 Å². The van der Waals surface area contributed by atoms with Gasteiger partial charge in [-0.1, -0.05) is 30.0 Å². The van der Waals surface area contributed by atoms with Crippen molar-refractivity contribution in [3.05, 3.63) is 93.7 Å². The normalized spacial score (nSPS) is 16.5. The van der Waals surface area contributed by atoms with Gasteiger partial charge in [0.1, 0.15) is 11.4 Å². The lowest BCUT2D eigenvalue weighted by Crippen LogP contribution is -3.00. The lowest BCUT2D eigenvalue weighted by atomic mass is 9.93. The molecule has 0 spiro atoms. The minimum absolute atomic E-state index is 0. The Kier molecular flexibility index (Phi) is 7.37. The summed E-state index contributed by atoms with van der Waals surface area (Å²) in [4.78, 5) is 7.17. The van der Waals surface area contributed by atoms with Crippen LogP contribution in [0.25, 0.3) is 23.2 Å². The average molecular weight is 593 g/mol. The summed E-state index contributed by atoms with van der Waals surface area (Å²) in [6, 6.07) is 15.2. The van der Waals surface area contributed by atoms with E-state index in [4.69, 9.17) is 4.98 Å². The van der Waals surface area contributed by atoms with E-state index in [1.165, 1.54) is 5.56 Å². The van der Waals surface area contributed by atoms with E-state index in [-0.39, 0.29) is 24.0 Å². The van der Waals surface area contributed by atoms with Gasteiger partial charge in [0.25, 0.3) is 0 Å². The van der Waals surface area contributed by atoms with Crippen LogP contribution >= 0.6 is 11.8 Å². The van der Waals surface area contributed by atoms with Crippen molar-refractivity contribution in [1.29, 1.82) is 0 Å². The predicted octanol–water partition coefficient (Wildman–Crippen LogP) is 3.38. The maximum atomic E-state index is 13.2. The minimum Gasteiger partial charge on any atom is -1.00 e. The van der Waals surface area contributed by atoms with Crippen molar-refractivity contribution < 1.29 is 41.7 Å². The molecule has 0 fully saturated rings. The molecule has 0 unspecified atom stereocenters. The lowest BCUT2D eigenvalue weighted by molar-refractivity contribution is -0.596. The molecule has 3 aromatic rings. The fourth-order valence-corrected chi connectivity index (χ4v) is 5.14. The van der Waals surface area contributed by atoms with Gasteiger partial charge in [-0.3, -0.25) is 0 Å². The molecule has 2 heterocycles. The topological polar surface area (TPSA) is 20.0 Å². The predicted molar refractivity (Wildman–Crippen MR) is 125 cm³/mol. The van der Waals surface area contributed by atoms with Crippen molar-refractivity contribution in [3.8, 4) is 17.1 Å². The van der Waals surface area contributed by atoms with Crippen LogP contribution in [0.4, 0.5) is 13.2 Å². The Morgan fingerprint density at radius 1 is 1.00 bits per heavy atom. The van der Waals surface area contributed by atoms with E-state index in [2.05, 4.69) is 15.5 Å². The number of nitrogens with zero attached hydrogens (tertiary/aromatic N) is 3. The van der Waals surface area contributed by atoms with Crippen LogP contribution in [0.5, 0.6) is 0 Å². The molecule has 0 saturated carbocycles. The molecule has 0 saturated heterocycles. The number of hydrogen-bond donors (Lipinski definition) is 0. The number of rotatable bonds is 3. The molecule has 8 heteroatoms. The van der Waals surface area contributed by atoms with Gasteiger partial charge in [-0.15, -0.1) is 0 Å². The molecule has 1 aromatic heterocycles. The van der Waals surface area contributed by atoms with Crippen molar-refractivity contribution >= 4 is 17.8 Å². The van der Waals surface area contributed by atoms with Crippen LogP contribution in [0.3, 0.4) is 0 Å². The van der Waals surface area contributed by atoms with Crippen LogP contribution in [-0.2, 0) is 19.0 Å². The summed E-state index contributed by atoms with van der Waals surface area (Å²) in [5, 5.41) is 3.14. The van der Waals surface area contributed by atoms with Crippen LogP contribution < -0.4 is 28.5 Å². The van der Waals surface area contributed by atoms with Crippen LogP contribution in [0.1, 0.15) is 35.4 Å². The molecule has 176 valence electrons. The van der Waals surface area contributed by atoms with Crippen LogP contribution in [0, 0.1) is 0 Å². The number of fused-ring (bicyclic) bond motifs is 1. The number of hydrogen-bond acceptors (Lipinski definition) is 3. The summed E-state index contributed by atoms with van der Waals surface area (Å²) in [5.74, 6) is 0.737. The number of halogens is 4. The minimum atomic E-state index is -4.36. The maximum Gasteiger partial charge on any atom is 0.416 e. The van der Waals surface area contributed by atoms with E-state index in [0.29, 0.717) is 5.69 Å². The first-order valence-corrected chi connectivity index (χ1v) is 11.8. The van der Waals surface area contributed by atoms with Gasteiger partial charge in [-0.25, -0.2) is 0 Å². The maximum absolute atomic E-state index is 13.2. The van der Waals surface area contributed by atoms with Gasteiger partial charge < -0.3 is 28.9 Å². The SMILES string of the molecule is CN1C=CSC1=Cc1nc(-c2ccccc2)[n+](-c2ccc(C(F)(F)F)cc2)c2c1CCCC2.[I-]. The Morgan fingerprint density at radius 2 is 1.71 bits per heavy atom. The summed E-state index contributed by atoms with van der Waals surface area (Å²) >= 11 is 1.66. The number of thioether (sulfide) groups is 1. The molecule has 0 N–H and O–H groups in total. The second kappa shape index (κ2) is 10.1. The first kappa shape index (κ1) is 24.8. The van der Waals surface area contributed by atoms with Gasteiger partial charge in [0.2, 0.25) is 0 Å². The molecule has 5 rings (SSSR count). The molecule has 2 aliphatic rings. The zero-order valence-corrected chi connectivity index (χ0v) is 21.5. The number of alkyl halides is 3.